The van der Waals surface area contributed by atoms with Crippen molar-refractivity contribution in [2.24, 2.45) is 0 Å². The predicted molar refractivity (Wildman–Crippen MR) is 106 cm³/mol. The van der Waals surface area contributed by atoms with Gasteiger partial charge in [0.2, 0.25) is 5.60 Å². The number of rotatable bonds is 3. The highest BCUT2D eigenvalue weighted by molar-refractivity contribution is 5.90. The highest BCUT2D eigenvalue weighted by Crippen LogP contribution is 2.22. The van der Waals surface area contributed by atoms with Gasteiger partial charge in [0.1, 0.15) is 12.1 Å². The van der Waals surface area contributed by atoms with Crippen LogP contribution < -0.4 is 0 Å². The van der Waals surface area contributed by atoms with Crippen LogP contribution in [0.1, 0.15) is 22.5 Å². The number of likely N-dealkylation sites (N-methyl/N-ethyl adjacent to an activating group) is 1. The lowest BCUT2D eigenvalue weighted by Crippen LogP contribution is -2.37. The minimum absolute atomic E-state index is 0.158. The SMILES string of the molecule is CN1CCC(O)(C#Cc2cccc(-c3nc(C(=O)O)cc(-n4ccnc4)n3)c2)C1=O. The van der Waals surface area contributed by atoms with Crippen molar-refractivity contribution in [1.82, 2.24) is 24.4 Å². The lowest BCUT2D eigenvalue weighted by Gasteiger charge is -2.13. The maximum absolute atomic E-state index is 12.1. The first-order valence-electron chi connectivity index (χ1n) is 9.08. The van der Waals surface area contributed by atoms with Crippen molar-refractivity contribution in [1.29, 1.82) is 0 Å². The Hall–Kier alpha value is -4.03. The summed E-state index contributed by atoms with van der Waals surface area (Å²) >= 11 is 0. The standard InChI is InChI=1S/C21H17N5O4/c1-25-9-7-21(30,20(25)29)6-5-14-3-2-4-15(11-14)18-23-16(19(27)28)12-17(24-18)26-10-8-22-13-26/h2-4,8,10-13,30H,7,9H2,1H3,(H,27,28). The normalized spacial score (nSPS) is 18.2. The molecule has 1 atom stereocenters. The molecule has 0 spiro atoms. The van der Waals surface area contributed by atoms with E-state index in [1.807, 2.05) is 0 Å². The summed E-state index contributed by atoms with van der Waals surface area (Å²) in [4.78, 5) is 37.5. The molecule has 0 radical (unpaired) electrons. The molecule has 2 N–H and O–H groups in total. The highest BCUT2D eigenvalue weighted by atomic mass is 16.4. The van der Waals surface area contributed by atoms with Gasteiger partial charge in [0.15, 0.2) is 11.5 Å². The Balaban J connectivity index is 1.72. The first kappa shape index (κ1) is 19.3. The second-order valence-electron chi connectivity index (χ2n) is 6.88. The molecule has 3 aromatic rings. The molecule has 30 heavy (non-hydrogen) atoms. The first-order chi connectivity index (χ1) is 14.4. The zero-order valence-electron chi connectivity index (χ0n) is 16.0. The number of aromatic carboxylic acids is 1. The molecular weight excluding hydrogens is 386 g/mol. The molecule has 1 aliphatic rings. The zero-order chi connectivity index (χ0) is 21.3. The van der Waals surface area contributed by atoms with Crippen molar-refractivity contribution >= 4 is 11.9 Å². The fourth-order valence-corrected chi connectivity index (χ4v) is 3.08. The van der Waals surface area contributed by atoms with E-state index in [1.165, 1.54) is 17.3 Å². The van der Waals surface area contributed by atoms with Gasteiger partial charge >= 0.3 is 5.97 Å². The van der Waals surface area contributed by atoms with Gasteiger partial charge in [0, 0.05) is 49.6 Å². The molecule has 150 valence electrons. The Kier molecular flexibility index (Phi) is 4.77. The quantitative estimate of drug-likeness (QED) is 0.625. The smallest absolute Gasteiger partial charge is 0.354 e. The number of aliphatic hydroxyl groups is 1. The van der Waals surface area contributed by atoms with Crippen LogP contribution in [0.5, 0.6) is 0 Å². The maximum atomic E-state index is 12.1. The van der Waals surface area contributed by atoms with Gasteiger partial charge in [-0.3, -0.25) is 9.36 Å². The third kappa shape index (κ3) is 3.64. The summed E-state index contributed by atoms with van der Waals surface area (Å²) in [6.45, 7) is 0.441. The van der Waals surface area contributed by atoms with Crippen LogP contribution in [0.4, 0.5) is 0 Å². The van der Waals surface area contributed by atoms with E-state index in [9.17, 15) is 19.8 Å². The number of hydrogen-bond donors (Lipinski definition) is 2. The number of imidazole rings is 1. The van der Waals surface area contributed by atoms with Gasteiger partial charge in [-0.2, -0.15) is 0 Å². The van der Waals surface area contributed by atoms with Crippen molar-refractivity contribution in [3.05, 3.63) is 60.3 Å². The summed E-state index contributed by atoms with van der Waals surface area (Å²) in [5.74, 6) is 4.46. The fraction of sp³-hybridized carbons (Fsp3) is 0.190. The molecule has 1 aromatic carbocycles. The van der Waals surface area contributed by atoms with Gasteiger partial charge in [-0.25, -0.2) is 19.7 Å². The molecule has 0 saturated carbocycles. The fourth-order valence-electron chi connectivity index (χ4n) is 3.08. The highest BCUT2D eigenvalue weighted by Gasteiger charge is 2.42. The number of carboxylic acid groups (broad SMARTS) is 1. The summed E-state index contributed by atoms with van der Waals surface area (Å²) in [6, 6.07) is 8.21. The maximum Gasteiger partial charge on any atom is 0.354 e. The Morgan fingerprint density at radius 1 is 1.27 bits per heavy atom. The van der Waals surface area contributed by atoms with E-state index in [1.54, 1.807) is 48.3 Å². The van der Waals surface area contributed by atoms with Gasteiger partial charge in [0.05, 0.1) is 0 Å². The lowest BCUT2D eigenvalue weighted by atomic mass is 10.0. The first-order valence-corrected chi connectivity index (χ1v) is 9.08. The summed E-state index contributed by atoms with van der Waals surface area (Å²) < 4.78 is 1.58. The van der Waals surface area contributed by atoms with Gasteiger partial charge in [0.25, 0.3) is 5.91 Å². The van der Waals surface area contributed by atoms with Crippen LogP contribution in [0.3, 0.4) is 0 Å². The van der Waals surface area contributed by atoms with E-state index in [2.05, 4.69) is 26.8 Å². The van der Waals surface area contributed by atoms with Crippen molar-refractivity contribution in [3.63, 3.8) is 0 Å². The molecule has 1 saturated heterocycles. The van der Waals surface area contributed by atoms with Crippen LogP contribution >= 0.6 is 0 Å². The molecule has 1 amide bonds. The van der Waals surface area contributed by atoms with E-state index in [0.29, 0.717) is 23.5 Å². The molecule has 1 unspecified atom stereocenters. The van der Waals surface area contributed by atoms with E-state index in [0.717, 1.165) is 0 Å². The molecule has 0 aliphatic carbocycles. The third-order valence-corrected chi connectivity index (χ3v) is 4.74. The topological polar surface area (TPSA) is 121 Å². The molecule has 4 rings (SSSR count). The molecule has 3 heterocycles. The van der Waals surface area contributed by atoms with Gasteiger partial charge < -0.3 is 15.1 Å². The Morgan fingerprint density at radius 2 is 2.10 bits per heavy atom. The van der Waals surface area contributed by atoms with Gasteiger partial charge in [-0.05, 0) is 12.1 Å². The van der Waals surface area contributed by atoms with Gasteiger partial charge in [-0.15, -0.1) is 0 Å². The number of amides is 1. The molecule has 1 fully saturated rings. The number of carboxylic acids is 1. The Bertz CT molecular complexity index is 1200. The lowest BCUT2D eigenvalue weighted by molar-refractivity contribution is -0.137. The Labute approximate surface area is 171 Å². The average molecular weight is 403 g/mol. The van der Waals surface area contributed by atoms with Crippen LogP contribution in [0, 0.1) is 11.8 Å². The van der Waals surface area contributed by atoms with Crippen LogP contribution in [0.2, 0.25) is 0 Å². The van der Waals surface area contributed by atoms with Crippen LogP contribution in [0.15, 0.2) is 49.1 Å². The number of carbonyl (C=O) groups excluding carboxylic acids is 1. The van der Waals surface area contributed by atoms with E-state index < -0.39 is 17.5 Å². The molecule has 9 nitrogen and oxygen atoms in total. The molecule has 1 aliphatic heterocycles. The van der Waals surface area contributed by atoms with Crippen LogP contribution in [0.25, 0.3) is 17.2 Å². The monoisotopic (exact) mass is 403 g/mol. The van der Waals surface area contributed by atoms with E-state index in [-0.39, 0.29) is 17.9 Å². The minimum atomic E-state index is -1.70. The van der Waals surface area contributed by atoms with Crippen molar-refractivity contribution in [2.45, 2.75) is 12.0 Å². The van der Waals surface area contributed by atoms with Crippen molar-refractivity contribution < 1.29 is 19.8 Å². The van der Waals surface area contributed by atoms with Crippen LogP contribution in [-0.2, 0) is 4.79 Å². The second-order valence-corrected chi connectivity index (χ2v) is 6.88. The summed E-state index contributed by atoms with van der Waals surface area (Å²) in [6.07, 6.45) is 4.96. The number of likely N-dealkylation sites (tertiary alicyclic amines) is 1. The van der Waals surface area contributed by atoms with E-state index in [4.69, 9.17) is 0 Å². The summed E-state index contributed by atoms with van der Waals surface area (Å²) in [7, 11) is 1.62. The van der Waals surface area contributed by atoms with Gasteiger partial charge in [-0.1, -0.05) is 24.0 Å². The largest absolute Gasteiger partial charge is 0.477 e. The Morgan fingerprint density at radius 3 is 2.77 bits per heavy atom. The molecule has 2 aromatic heterocycles. The number of nitrogens with zero attached hydrogens (tertiary/aromatic N) is 5. The zero-order valence-corrected chi connectivity index (χ0v) is 16.0. The molecule has 0 bridgehead atoms. The molecule has 9 heteroatoms. The van der Waals surface area contributed by atoms with Crippen LogP contribution in [-0.4, -0.2) is 65.7 Å². The van der Waals surface area contributed by atoms with E-state index >= 15 is 0 Å². The van der Waals surface area contributed by atoms with Crippen molar-refractivity contribution in [3.8, 4) is 29.0 Å². The number of benzene rings is 1. The predicted octanol–water partition coefficient (Wildman–Crippen LogP) is 0.972. The summed E-state index contributed by atoms with van der Waals surface area (Å²) in [5.41, 5.74) is -0.766. The number of carbonyl (C=O) groups is 2. The molecular formula is C21H17N5O4. The third-order valence-electron chi connectivity index (χ3n) is 4.74. The average Bonchev–Trinajstić information content (AvgIpc) is 3.38. The summed E-state index contributed by atoms with van der Waals surface area (Å²) in [5, 5.41) is 19.9. The minimum Gasteiger partial charge on any atom is -0.477 e. The second kappa shape index (κ2) is 7.42. The number of aromatic nitrogens is 4. The number of hydrogen-bond acceptors (Lipinski definition) is 6. The van der Waals surface area contributed by atoms with Crippen molar-refractivity contribution in [2.75, 3.05) is 13.6 Å².